The van der Waals surface area contributed by atoms with E-state index in [-0.39, 0.29) is 29.9 Å². The first-order valence-electron chi connectivity index (χ1n) is 2.26. The van der Waals surface area contributed by atoms with Gasteiger partial charge in [-0.25, -0.2) is 4.79 Å². The molecule has 0 unspecified atom stereocenters. The lowest BCUT2D eigenvalue weighted by molar-refractivity contribution is -0.870. The van der Waals surface area contributed by atoms with Crippen LogP contribution in [0.4, 0.5) is 0 Å². The molecule has 0 bridgehead atoms. The van der Waals surface area contributed by atoms with Gasteiger partial charge in [-0.3, -0.25) is 4.84 Å². The van der Waals surface area contributed by atoms with Crippen molar-refractivity contribution in [3.63, 3.8) is 0 Å². The number of carbonyl (C=O) groups is 1. The predicted molar refractivity (Wildman–Crippen MR) is 24.2 cm³/mol. The minimum absolute atomic E-state index is 0. The highest BCUT2D eigenvalue weighted by Crippen LogP contribution is 1.55. The monoisotopic (exact) mass is 231 g/mol. The summed E-state index contributed by atoms with van der Waals surface area (Å²) >= 11 is 0. The molecule has 8 heavy (non-hydrogen) atoms. The molecule has 4 heteroatoms. The summed E-state index contributed by atoms with van der Waals surface area (Å²) in [5, 5.41) is 0. The van der Waals surface area contributed by atoms with Crippen LogP contribution in [-0.4, -0.2) is 12.5 Å². The van der Waals surface area contributed by atoms with E-state index in [1.807, 2.05) is 6.92 Å². The summed E-state index contributed by atoms with van der Waals surface area (Å²) in [6.07, 6.45) is 0. The SMILES string of the molecule is CC[NH2+]OC(C)=O.[I-]. The van der Waals surface area contributed by atoms with Crippen LogP contribution in [-0.2, 0) is 9.63 Å². The van der Waals surface area contributed by atoms with Crippen molar-refractivity contribution in [1.82, 2.24) is 0 Å². The van der Waals surface area contributed by atoms with Crippen molar-refractivity contribution in [3.05, 3.63) is 0 Å². The Bertz CT molecular complexity index is 67.1. The summed E-state index contributed by atoms with van der Waals surface area (Å²) in [6, 6.07) is 0. The zero-order valence-electron chi connectivity index (χ0n) is 4.98. The van der Waals surface area contributed by atoms with Crippen molar-refractivity contribution in [2.45, 2.75) is 13.8 Å². The molecule has 0 radical (unpaired) electrons. The van der Waals surface area contributed by atoms with Crippen molar-refractivity contribution in [2.75, 3.05) is 6.54 Å². The molecular weight excluding hydrogens is 221 g/mol. The standard InChI is InChI=1S/C4H9NO2.HI/c1-3-5-7-4(2)6;/h5H,3H2,1-2H3;1H. The van der Waals surface area contributed by atoms with Crippen LogP contribution in [0.25, 0.3) is 0 Å². The van der Waals surface area contributed by atoms with Crippen LogP contribution in [0.2, 0.25) is 0 Å². The molecule has 0 amide bonds. The average Bonchev–Trinajstić information content (AvgIpc) is 1.61. The summed E-state index contributed by atoms with van der Waals surface area (Å²) in [4.78, 5) is 14.4. The second kappa shape index (κ2) is 7.16. The fourth-order valence-electron chi connectivity index (χ4n) is 0.201. The van der Waals surface area contributed by atoms with Crippen molar-refractivity contribution < 1.29 is 39.1 Å². The molecule has 0 rings (SSSR count). The maximum absolute atomic E-state index is 9.95. The first-order valence-corrected chi connectivity index (χ1v) is 2.26. The Hall–Kier alpha value is 0.160. The summed E-state index contributed by atoms with van der Waals surface area (Å²) in [5.41, 5.74) is 1.47. The third kappa shape index (κ3) is 9.48. The van der Waals surface area contributed by atoms with Gasteiger partial charge >= 0.3 is 5.97 Å². The van der Waals surface area contributed by atoms with E-state index in [0.29, 0.717) is 0 Å². The first-order chi connectivity index (χ1) is 3.27. The van der Waals surface area contributed by atoms with Crippen LogP contribution in [0.15, 0.2) is 0 Å². The smallest absolute Gasteiger partial charge is 0.363 e. The van der Waals surface area contributed by atoms with Crippen molar-refractivity contribution in [1.29, 1.82) is 0 Å². The topological polar surface area (TPSA) is 42.9 Å². The number of nitrogens with two attached hydrogens (primary N) is 1. The number of hydroxylamine groups is 1. The van der Waals surface area contributed by atoms with Crippen LogP contribution >= 0.6 is 0 Å². The van der Waals surface area contributed by atoms with Crippen LogP contribution in [0, 0.1) is 0 Å². The fourth-order valence-corrected chi connectivity index (χ4v) is 0.201. The molecule has 0 heterocycles. The van der Waals surface area contributed by atoms with Gasteiger partial charge in [-0.2, -0.15) is 5.48 Å². The molecule has 0 aliphatic heterocycles. The van der Waals surface area contributed by atoms with E-state index >= 15 is 0 Å². The Labute approximate surface area is 65.8 Å². The normalized spacial score (nSPS) is 7.25. The Morgan fingerprint density at radius 3 is 2.38 bits per heavy atom. The quantitative estimate of drug-likeness (QED) is 0.389. The van der Waals surface area contributed by atoms with Crippen molar-refractivity contribution in [3.8, 4) is 0 Å². The van der Waals surface area contributed by atoms with E-state index in [0.717, 1.165) is 6.54 Å². The molecule has 2 N–H and O–H groups in total. The number of carbonyl (C=O) groups excluding carboxylic acids is 1. The molecule has 0 saturated carbocycles. The zero-order chi connectivity index (χ0) is 5.70. The highest BCUT2D eigenvalue weighted by Gasteiger charge is 1.88. The van der Waals surface area contributed by atoms with Gasteiger partial charge < -0.3 is 24.0 Å². The molecule has 0 aromatic heterocycles. The molecule has 0 atom stereocenters. The van der Waals surface area contributed by atoms with E-state index < -0.39 is 0 Å². The van der Waals surface area contributed by atoms with E-state index in [9.17, 15) is 4.79 Å². The number of hydrogen-bond donors (Lipinski definition) is 1. The van der Waals surface area contributed by atoms with Gasteiger partial charge in [0.05, 0.1) is 0 Å². The van der Waals surface area contributed by atoms with Gasteiger partial charge in [0.15, 0.2) is 0 Å². The van der Waals surface area contributed by atoms with Gasteiger partial charge in [-0.1, -0.05) is 0 Å². The minimum Gasteiger partial charge on any atom is -1.00 e. The van der Waals surface area contributed by atoms with Crippen LogP contribution in [0.5, 0.6) is 0 Å². The van der Waals surface area contributed by atoms with Crippen molar-refractivity contribution >= 4 is 5.97 Å². The molecule has 50 valence electrons. The van der Waals surface area contributed by atoms with Crippen LogP contribution < -0.4 is 29.5 Å². The van der Waals surface area contributed by atoms with E-state index in [2.05, 4.69) is 4.84 Å². The van der Waals surface area contributed by atoms with Crippen molar-refractivity contribution in [2.24, 2.45) is 0 Å². The number of halogens is 1. The van der Waals surface area contributed by atoms with Gasteiger partial charge in [0.25, 0.3) is 0 Å². The minimum atomic E-state index is -0.248. The molecule has 0 saturated heterocycles. The third-order valence-corrected chi connectivity index (χ3v) is 0.416. The highest BCUT2D eigenvalue weighted by atomic mass is 127. The lowest BCUT2D eigenvalue weighted by Crippen LogP contribution is -3.00. The molecule has 0 aliphatic carbocycles. The largest absolute Gasteiger partial charge is 1.00 e. The van der Waals surface area contributed by atoms with Gasteiger partial charge in [0, 0.05) is 6.92 Å². The fraction of sp³-hybridized carbons (Fsp3) is 0.750. The molecule has 0 fully saturated rings. The lowest BCUT2D eigenvalue weighted by Gasteiger charge is -1.90. The average molecular weight is 231 g/mol. The Morgan fingerprint density at radius 2 is 2.25 bits per heavy atom. The molecule has 0 aliphatic rings. The molecule has 0 spiro atoms. The second-order valence-corrected chi connectivity index (χ2v) is 1.18. The number of hydrogen-bond acceptors (Lipinski definition) is 2. The summed E-state index contributed by atoms with van der Waals surface area (Å²) < 4.78 is 0. The third-order valence-electron chi connectivity index (χ3n) is 0.416. The Kier molecular flexibility index (Phi) is 9.87. The lowest BCUT2D eigenvalue weighted by atomic mass is 10.8. The van der Waals surface area contributed by atoms with Gasteiger partial charge in [-0.05, 0) is 6.92 Å². The highest BCUT2D eigenvalue weighted by molar-refractivity contribution is 5.64. The summed E-state index contributed by atoms with van der Waals surface area (Å²) in [5.74, 6) is -0.248. The maximum Gasteiger partial charge on any atom is 0.363 e. The van der Waals surface area contributed by atoms with E-state index in [1.54, 1.807) is 0 Å². The summed E-state index contributed by atoms with van der Waals surface area (Å²) in [6.45, 7) is 4.06. The molecular formula is C4H10INO2. The van der Waals surface area contributed by atoms with Gasteiger partial charge in [0.1, 0.15) is 6.54 Å². The molecule has 0 aromatic rings. The summed E-state index contributed by atoms with van der Waals surface area (Å²) in [7, 11) is 0. The predicted octanol–water partition coefficient (Wildman–Crippen LogP) is -3.95. The zero-order valence-corrected chi connectivity index (χ0v) is 7.14. The molecule has 3 nitrogen and oxygen atoms in total. The Balaban J connectivity index is 0. The van der Waals surface area contributed by atoms with E-state index in [4.69, 9.17) is 0 Å². The Morgan fingerprint density at radius 1 is 1.75 bits per heavy atom. The van der Waals surface area contributed by atoms with Gasteiger partial charge in [-0.15, -0.1) is 0 Å². The first kappa shape index (κ1) is 11.0. The van der Waals surface area contributed by atoms with E-state index in [1.165, 1.54) is 12.4 Å². The van der Waals surface area contributed by atoms with Crippen LogP contribution in [0.1, 0.15) is 13.8 Å². The maximum atomic E-state index is 9.95. The number of quaternary nitrogens is 1. The number of rotatable bonds is 2. The van der Waals surface area contributed by atoms with Crippen LogP contribution in [0.3, 0.4) is 0 Å². The molecule has 0 aromatic carbocycles. The second-order valence-electron chi connectivity index (χ2n) is 1.18. The van der Waals surface area contributed by atoms with Gasteiger partial charge in [0.2, 0.25) is 0 Å².